The Hall–Kier alpha value is -1.30. The summed E-state index contributed by atoms with van der Waals surface area (Å²) in [4.78, 5) is 24.8. The number of amides is 2. The predicted octanol–water partition coefficient (Wildman–Crippen LogP) is 1.52. The van der Waals surface area contributed by atoms with Crippen molar-refractivity contribution in [3.63, 3.8) is 0 Å². The second-order valence-electron chi connectivity index (χ2n) is 5.74. The van der Waals surface area contributed by atoms with Crippen molar-refractivity contribution in [3.8, 4) is 0 Å². The number of unbranched alkanes of at least 4 members (excludes halogenated alkanes) is 1. The van der Waals surface area contributed by atoms with E-state index in [4.69, 9.17) is 5.11 Å². The van der Waals surface area contributed by atoms with Crippen molar-refractivity contribution in [3.05, 3.63) is 0 Å². The Balaban J connectivity index is 3.81. The molecule has 0 saturated heterocycles. The van der Waals surface area contributed by atoms with Crippen molar-refractivity contribution in [1.82, 2.24) is 15.5 Å². The molecule has 0 fully saturated rings. The molecule has 0 rings (SSSR count). The number of carbonyl (C=O) groups is 2. The average molecular weight is 287 g/mol. The highest BCUT2D eigenvalue weighted by Gasteiger charge is 2.22. The molecule has 6 nitrogen and oxygen atoms in total. The lowest BCUT2D eigenvalue weighted by atomic mass is 10.1. The van der Waals surface area contributed by atoms with Gasteiger partial charge in [-0.15, -0.1) is 0 Å². The molecule has 0 aromatic rings. The van der Waals surface area contributed by atoms with E-state index < -0.39 is 18.0 Å². The van der Waals surface area contributed by atoms with Crippen molar-refractivity contribution in [1.29, 1.82) is 0 Å². The zero-order valence-electron chi connectivity index (χ0n) is 13.3. The number of hydrogen-bond donors (Lipinski definition) is 3. The van der Waals surface area contributed by atoms with Gasteiger partial charge in [-0.25, -0.2) is 9.59 Å². The van der Waals surface area contributed by atoms with Gasteiger partial charge in [0, 0.05) is 12.6 Å². The smallest absolute Gasteiger partial charge is 0.326 e. The molecule has 0 bridgehead atoms. The minimum Gasteiger partial charge on any atom is -0.480 e. The van der Waals surface area contributed by atoms with Crippen LogP contribution < -0.4 is 10.6 Å². The van der Waals surface area contributed by atoms with E-state index in [1.807, 2.05) is 0 Å². The molecule has 0 heterocycles. The molecule has 0 unspecified atom stereocenters. The summed E-state index contributed by atoms with van der Waals surface area (Å²) in [6.45, 7) is 9.36. The molecule has 0 aliphatic rings. The van der Waals surface area contributed by atoms with Gasteiger partial charge in [0.15, 0.2) is 0 Å². The first kappa shape index (κ1) is 18.7. The molecule has 0 aromatic carbocycles. The SMILES string of the molecule is CC(C)[C@H](NC(=O)NCCCCN(C)C(C)C)C(=O)O. The minimum absolute atomic E-state index is 0.141. The van der Waals surface area contributed by atoms with Gasteiger partial charge in [-0.3, -0.25) is 0 Å². The average Bonchev–Trinajstić information content (AvgIpc) is 2.34. The molecule has 1 atom stereocenters. The van der Waals surface area contributed by atoms with Crippen LogP contribution in [0, 0.1) is 5.92 Å². The van der Waals surface area contributed by atoms with E-state index >= 15 is 0 Å². The minimum atomic E-state index is -1.01. The summed E-state index contributed by atoms with van der Waals surface area (Å²) in [6.07, 6.45) is 1.88. The maximum atomic E-state index is 11.6. The van der Waals surface area contributed by atoms with Crippen LogP contribution in [0.3, 0.4) is 0 Å². The molecule has 0 aliphatic heterocycles. The van der Waals surface area contributed by atoms with Crippen molar-refractivity contribution in [2.24, 2.45) is 5.92 Å². The number of hydrogen-bond acceptors (Lipinski definition) is 3. The number of carboxylic acids is 1. The maximum Gasteiger partial charge on any atom is 0.326 e. The van der Waals surface area contributed by atoms with Crippen LogP contribution in [0.1, 0.15) is 40.5 Å². The van der Waals surface area contributed by atoms with Crippen LogP contribution in [-0.2, 0) is 4.79 Å². The van der Waals surface area contributed by atoms with E-state index in [9.17, 15) is 9.59 Å². The van der Waals surface area contributed by atoms with E-state index in [0.717, 1.165) is 19.4 Å². The van der Waals surface area contributed by atoms with Gasteiger partial charge in [0.1, 0.15) is 6.04 Å². The molecule has 0 radical (unpaired) electrons. The van der Waals surface area contributed by atoms with Gasteiger partial charge in [-0.2, -0.15) is 0 Å². The summed E-state index contributed by atoms with van der Waals surface area (Å²) in [5, 5.41) is 14.1. The van der Waals surface area contributed by atoms with Gasteiger partial charge in [0.25, 0.3) is 0 Å². The fraction of sp³-hybridized carbons (Fsp3) is 0.857. The summed E-state index contributed by atoms with van der Waals surface area (Å²) in [6, 6.07) is -0.737. The maximum absolute atomic E-state index is 11.6. The third-order valence-electron chi connectivity index (χ3n) is 3.32. The summed E-state index contributed by atoms with van der Waals surface area (Å²) < 4.78 is 0. The first-order valence-corrected chi connectivity index (χ1v) is 7.23. The zero-order valence-corrected chi connectivity index (χ0v) is 13.3. The van der Waals surface area contributed by atoms with E-state index in [-0.39, 0.29) is 5.92 Å². The van der Waals surface area contributed by atoms with Gasteiger partial charge < -0.3 is 20.6 Å². The second kappa shape index (κ2) is 9.58. The molecule has 0 aromatic heterocycles. The first-order valence-electron chi connectivity index (χ1n) is 7.23. The highest BCUT2D eigenvalue weighted by atomic mass is 16.4. The van der Waals surface area contributed by atoms with Crippen molar-refractivity contribution in [2.75, 3.05) is 20.1 Å². The van der Waals surface area contributed by atoms with Gasteiger partial charge in [-0.05, 0) is 46.2 Å². The Morgan fingerprint density at radius 1 is 1.15 bits per heavy atom. The lowest BCUT2D eigenvalue weighted by Crippen LogP contribution is -2.48. The number of aliphatic carboxylic acids is 1. The molecule has 118 valence electrons. The lowest BCUT2D eigenvalue weighted by Gasteiger charge is -2.21. The fourth-order valence-corrected chi connectivity index (χ4v) is 1.65. The summed E-state index contributed by atoms with van der Waals surface area (Å²) >= 11 is 0. The van der Waals surface area contributed by atoms with Crippen molar-refractivity contribution >= 4 is 12.0 Å². The van der Waals surface area contributed by atoms with Gasteiger partial charge >= 0.3 is 12.0 Å². The molecule has 0 aliphatic carbocycles. The molecule has 0 saturated carbocycles. The number of carboxylic acid groups (broad SMARTS) is 1. The number of carbonyl (C=O) groups excluding carboxylic acids is 1. The van der Waals surface area contributed by atoms with Crippen LogP contribution in [0.15, 0.2) is 0 Å². The molecule has 6 heteroatoms. The van der Waals surface area contributed by atoms with Crippen LogP contribution in [0.5, 0.6) is 0 Å². The van der Waals surface area contributed by atoms with E-state index in [2.05, 4.69) is 36.4 Å². The van der Waals surface area contributed by atoms with Gasteiger partial charge in [0.05, 0.1) is 0 Å². The second-order valence-corrected chi connectivity index (χ2v) is 5.74. The monoisotopic (exact) mass is 287 g/mol. The van der Waals surface area contributed by atoms with Crippen LogP contribution in [0.2, 0.25) is 0 Å². The topological polar surface area (TPSA) is 81.7 Å². The third-order valence-corrected chi connectivity index (χ3v) is 3.32. The number of nitrogens with one attached hydrogen (secondary N) is 2. The Bertz CT molecular complexity index is 306. The Kier molecular flexibility index (Phi) is 8.96. The Morgan fingerprint density at radius 2 is 1.75 bits per heavy atom. The number of rotatable bonds is 9. The quantitative estimate of drug-likeness (QED) is 0.562. The molecular formula is C14H29N3O3. The molecule has 0 spiro atoms. The van der Waals surface area contributed by atoms with Crippen LogP contribution in [0.25, 0.3) is 0 Å². The fourth-order valence-electron chi connectivity index (χ4n) is 1.65. The zero-order chi connectivity index (χ0) is 15.7. The van der Waals surface area contributed by atoms with Crippen LogP contribution in [-0.4, -0.2) is 54.2 Å². The predicted molar refractivity (Wildman–Crippen MR) is 79.8 cm³/mol. The Labute approximate surface area is 121 Å². The van der Waals surface area contributed by atoms with Gasteiger partial charge in [-0.1, -0.05) is 13.8 Å². The van der Waals surface area contributed by atoms with Crippen molar-refractivity contribution in [2.45, 2.75) is 52.6 Å². The van der Waals surface area contributed by atoms with E-state index in [1.54, 1.807) is 13.8 Å². The third kappa shape index (κ3) is 7.99. The summed E-state index contributed by atoms with van der Waals surface area (Å²) in [5.41, 5.74) is 0. The van der Waals surface area contributed by atoms with Crippen LogP contribution in [0.4, 0.5) is 4.79 Å². The van der Waals surface area contributed by atoms with E-state index in [0.29, 0.717) is 12.6 Å². The molecule has 2 amide bonds. The molecule has 20 heavy (non-hydrogen) atoms. The number of urea groups is 1. The lowest BCUT2D eigenvalue weighted by molar-refractivity contribution is -0.140. The standard InChI is InChI=1S/C14H29N3O3/c1-10(2)12(13(18)19)16-14(20)15-8-6-7-9-17(5)11(3)4/h10-12H,6-9H2,1-5H3,(H,18,19)(H2,15,16,20)/t12-/m0/s1. The normalized spacial score (nSPS) is 12.8. The highest BCUT2D eigenvalue weighted by molar-refractivity contribution is 5.82. The van der Waals surface area contributed by atoms with Gasteiger partial charge in [0.2, 0.25) is 0 Å². The van der Waals surface area contributed by atoms with Crippen LogP contribution >= 0.6 is 0 Å². The highest BCUT2D eigenvalue weighted by Crippen LogP contribution is 2.01. The number of nitrogens with zero attached hydrogens (tertiary/aromatic N) is 1. The van der Waals surface area contributed by atoms with Crippen molar-refractivity contribution < 1.29 is 14.7 Å². The molecular weight excluding hydrogens is 258 g/mol. The largest absolute Gasteiger partial charge is 0.480 e. The summed E-state index contributed by atoms with van der Waals surface area (Å²) in [7, 11) is 2.07. The molecule has 3 N–H and O–H groups in total. The Morgan fingerprint density at radius 3 is 2.20 bits per heavy atom. The summed E-state index contributed by atoms with van der Waals surface area (Å²) in [5.74, 6) is -1.15. The van der Waals surface area contributed by atoms with E-state index in [1.165, 1.54) is 0 Å². The first-order chi connectivity index (χ1) is 9.25.